The zero-order valence-corrected chi connectivity index (χ0v) is 19.6. The summed E-state index contributed by atoms with van der Waals surface area (Å²) in [7, 11) is -2.98. The van der Waals surface area contributed by atoms with Gasteiger partial charge < -0.3 is 4.74 Å². The lowest BCUT2D eigenvalue weighted by Crippen LogP contribution is -2.41. The molecule has 0 spiro atoms. The van der Waals surface area contributed by atoms with Gasteiger partial charge >= 0.3 is 0 Å². The lowest BCUT2D eigenvalue weighted by molar-refractivity contribution is 0.294. The number of hydrogen-bond acceptors (Lipinski definition) is 3. The Balaban J connectivity index is 1.45. The molecule has 1 saturated heterocycles. The van der Waals surface area contributed by atoms with Crippen LogP contribution in [-0.2, 0) is 9.30 Å². The number of ether oxygens (including phenoxy) is 1. The Bertz CT molecular complexity index is 1120. The predicted molar refractivity (Wildman–Crippen MR) is 136 cm³/mol. The lowest BCUT2D eigenvalue weighted by Gasteiger charge is -2.40. The van der Waals surface area contributed by atoms with E-state index >= 15 is 0 Å². The second kappa shape index (κ2) is 9.91. The second-order valence-corrected chi connectivity index (χ2v) is 11.2. The van der Waals surface area contributed by atoms with Crippen molar-refractivity contribution in [3.05, 3.63) is 109 Å². The van der Waals surface area contributed by atoms with Crippen LogP contribution in [0.3, 0.4) is 0 Å². The van der Waals surface area contributed by atoms with Gasteiger partial charge in [-0.3, -0.25) is 4.57 Å². The molecule has 2 heterocycles. The molecule has 4 nitrogen and oxygen atoms in total. The van der Waals surface area contributed by atoms with Crippen LogP contribution in [0.25, 0.3) is 0 Å². The Labute approximate surface area is 196 Å². The van der Waals surface area contributed by atoms with Crippen molar-refractivity contribution in [1.82, 2.24) is 4.67 Å². The number of benzene rings is 3. The van der Waals surface area contributed by atoms with Crippen LogP contribution < -0.4 is 10.6 Å². The highest BCUT2D eigenvalue weighted by molar-refractivity contribution is 7.76. The minimum atomic E-state index is -2.98. The average Bonchev–Trinajstić information content (AvgIpc) is 3.38. The topological polar surface area (TPSA) is 41.9 Å². The molecule has 0 saturated carbocycles. The van der Waals surface area contributed by atoms with Crippen LogP contribution in [0, 0.1) is 0 Å². The van der Waals surface area contributed by atoms with Crippen LogP contribution in [0.2, 0.25) is 0 Å². The average molecular weight is 457 g/mol. The van der Waals surface area contributed by atoms with E-state index in [0.29, 0.717) is 12.5 Å². The van der Waals surface area contributed by atoms with Crippen LogP contribution in [0.5, 0.6) is 0 Å². The van der Waals surface area contributed by atoms with Gasteiger partial charge in [0.2, 0.25) is 13.2 Å². The van der Waals surface area contributed by atoms with E-state index in [4.69, 9.17) is 9.73 Å². The van der Waals surface area contributed by atoms with Crippen molar-refractivity contribution in [2.45, 2.75) is 31.3 Å². The molecule has 3 aromatic rings. The fourth-order valence-electron chi connectivity index (χ4n) is 4.72. The van der Waals surface area contributed by atoms with E-state index in [9.17, 15) is 4.57 Å². The first kappa shape index (κ1) is 21.9. The maximum atomic E-state index is 14.8. The van der Waals surface area contributed by atoms with Gasteiger partial charge in [-0.05, 0) is 48.7 Å². The van der Waals surface area contributed by atoms with Gasteiger partial charge in [0.15, 0.2) is 0 Å². The fraction of sp³-hybridized carbons (Fsp3) is 0.250. The Kier molecular flexibility index (Phi) is 6.57. The molecule has 2 atom stereocenters. The molecule has 1 fully saturated rings. The van der Waals surface area contributed by atoms with E-state index in [1.165, 1.54) is 0 Å². The lowest BCUT2D eigenvalue weighted by atomic mass is 10.0. The van der Waals surface area contributed by atoms with E-state index in [2.05, 4.69) is 22.9 Å². The summed E-state index contributed by atoms with van der Waals surface area (Å²) in [6.45, 7) is 1.36. The highest BCUT2D eigenvalue weighted by Crippen LogP contribution is 2.51. The zero-order valence-electron chi connectivity index (χ0n) is 18.7. The van der Waals surface area contributed by atoms with Gasteiger partial charge in [-0.15, -0.1) is 0 Å². The molecule has 0 N–H and O–H groups in total. The molecule has 0 aromatic heterocycles. The molecule has 168 valence electrons. The van der Waals surface area contributed by atoms with Crippen molar-refractivity contribution in [3.63, 3.8) is 0 Å². The second-order valence-electron chi connectivity index (χ2n) is 8.54. The van der Waals surface area contributed by atoms with Crippen molar-refractivity contribution in [2.24, 2.45) is 4.99 Å². The molecule has 0 unspecified atom stereocenters. The van der Waals surface area contributed by atoms with Crippen LogP contribution in [0.15, 0.2) is 108 Å². The Morgan fingerprint density at radius 3 is 2.09 bits per heavy atom. The molecule has 0 aliphatic carbocycles. The minimum Gasteiger partial charge on any atom is -0.475 e. The molecule has 5 heteroatoms. The van der Waals surface area contributed by atoms with E-state index in [1.54, 1.807) is 0 Å². The summed E-state index contributed by atoms with van der Waals surface area (Å²) in [6.07, 6.45) is 7.25. The summed E-state index contributed by atoms with van der Waals surface area (Å²) < 4.78 is 22.9. The standard InChI is InChI=1S/C28H29N2O2P/c31-33(25-15-6-2-7-16-25,26-17-8-3-9-18-26)30-21-11-10-14-24(30)19-20-28-29-27(22-32-28)23-12-4-1-5-13-23/h1-9,12-13,15-20,24,27H,10-11,14,21-22H2/b20-19-/t24-,27-/m1/s1. The normalized spacial score (nSPS) is 21.6. The maximum Gasteiger partial charge on any atom is 0.209 e. The highest BCUT2D eigenvalue weighted by atomic mass is 31.2. The molecule has 33 heavy (non-hydrogen) atoms. The third-order valence-electron chi connectivity index (χ3n) is 6.41. The molecule has 5 rings (SSSR count). The maximum absolute atomic E-state index is 14.8. The summed E-state index contributed by atoms with van der Waals surface area (Å²) in [5.41, 5.74) is 1.16. The van der Waals surface area contributed by atoms with E-state index in [1.807, 2.05) is 84.9 Å². The molecule has 2 aliphatic rings. The molecule has 0 radical (unpaired) electrons. The van der Waals surface area contributed by atoms with Gasteiger partial charge in [0, 0.05) is 23.2 Å². The Hall–Kier alpha value is -2.94. The van der Waals surface area contributed by atoms with E-state index < -0.39 is 7.29 Å². The van der Waals surface area contributed by atoms with Crippen molar-refractivity contribution >= 4 is 23.8 Å². The quantitative estimate of drug-likeness (QED) is 0.460. The van der Waals surface area contributed by atoms with Gasteiger partial charge in [-0.25, -0.2) is 9.66 Å². The van der Waals surface area contributed by atoms with Gasteiger partial charge in [-0.1, -0.05) is 79.2 Å². The van der Waals surface area contributed by atoms with Crippen LogP contribution in [0.4, 0.5) is 0 Å². The third-order valence-corrected chi connectivity index (χ3v) is 9.63. The summed E-state index contributed by atoms with van der Waals surface area (Å²) >= 11 is 0. The SMILES string of the molecule is O=P(c1ccccc1)(c1ccccc1)N1CCCC[C@@H]1/C=C\C1=N[C@@H](c2ccccc2)CO1. The minimum absolute atomic E-state index is 0.0352. The predicted octanol–water partition coefficient (Wildman–Crippen LogP) is 5.50. The van der Waals surface area contributed by atoms with Crippen molar-refractivity contribution < 1.29 is 9.30 Å². The molecular weight excluding hydrogens is 427 g/mol. The van der Waals surface area contributed by atoms with Gasteiger partial charge in [-0.2, -0.15) is 0 Å². The number of aliphatic imine (C=N–C) groups is 1. The third kappa shape index (κ3) is 4.59. The largest absolute Gasteiger partial charge is 0.475 e. The molecule has 0 amide bonds. The van der Waals surface area contributed by atoms with Crippen molar-refractivity contribution in [3.8, 4) is 0 Å². The number of hydrogen-bond donors (Lipinski definition) is 0. The summed E-state index contributed by atoms with van der Waals surface area (Å²) in [4.78, 5) is 4.77. The number of nitrogens with zero attached hydrogens (tertiary/aromatic N) is 2. The number of rotatable bonds is 6. The van der Waals surface area contributed by atoms with E-state index in [0.717, 1.165) is 42.0 Å². The van der Waals surface area contributed by atoms with Crippen LogP contribution in [-0.4, -0.2) is 29.8 Å². The molecule has 3 aromatic carbocycles. The zero-order chi connectivity index (χ0) is 22.5. The molecule has 0 bridgehead atoms. The monoisotopic (exact) mass is 456 g/mol. The first-order valence-corrected chi connectivity index (χ1v) is 13.3. The van der Waals surface area contributed by atoms with Gasteiger partial charge in [0.25, 0.3) is 0 Å². The summed E-state index contributed by atoms with van der Waals surface area (Å²) in [6, 6.07) is 30.2. The highest BCUT2D eigenvalue weighted by Gasteiger charge is 2.39. The Morgan fingerprint density at radius 1 is 0.848 bits per heavy atom. The van der Waals surface area contributed by atoms with Gasteiger partial charge in [0.05, 0.1) is 0 Å². The summed E-state index contributed by atoms with van der Waals surface area (Å²) in [5.74, 6) is 0.656. The number of piperidine rings is 1. The first-order chi connectivity index (χ1) is 16.2. The Morgan fingerprint density at radius 2 is 1.45 bits per heavy atom. The van der Waals surface area contributed by atoms with E-state index in [-0.39, 0.29) is 12.1 Å². The van der Waals surface area contributed by atoms with Crippen LogP contribution in [0.1, 0.15) is 30.9 Å². The fourth-order valence-corrected chi connectivity index (χ4v) is 7.79. The van der Waals surface area contributed by atoms with Crippen molar-refractivity contribution in [1.29, 1.82) is 0 Å². The van der Waals surface area contributed by atoms with Crippen molar-refractivity contribution in [2.75, 3.05) is 13.2 Å². The smallest absolute Gasteiger partial charge is 0.209 e. The van der Waals surface area contributed by atoms with Crippen LogP contribution >= 0.6 is 7.29 Å². The summed E-state index contributed by atoms with van der Waals surface area (Å²) in [5, 5.41) is 1.77. The van der Waals surface area contributed by atoms with Gasteiger partial charge in [0.1, 0.15) is 12.6 Å². The first-order valence-electron chi connectivity index (χ1n) is 11.7. The molecular formula is C28H29N2O2P. The molecule has 2 aliphatic heterocycles.